The maximum Gasteiger partial charge on any atom is 0.222 e. The maximum atomic E-state index is 11.7. The van der Waals surface area contributed by atoms with E-state index in [1.165, 1.54) is 0 Å². The van der Waals surface area contributed by atoms with E-state index in [1.54, 1.807) is 0 Å². The second-order valence-electron chi connectivity index (χ2n) is 5.06. The fourth-order valence-corrected chi connectivity index (χ4v) is 2.00. The summed E-state index contributed by atoms with van der Waals surface area (Å²) in [6.45, 7) is 9.80. The Hall–Kier alpha value is -0.570. The van der Waals surface area contributed by atoms with E-state index >= 15 is 0 Å². The summed E-state index contributed by atoms with van der Waals surface area (Å²) in [5.74, 6) is 1.18. The fourth-order valence-electron chi connectivity index (χ4n) is 2.00. The molecule has 1 rings (SSSR count). The fraction of sp³-hybridized carbons (Fsp3) is 0.917. The summed E-state index contributed by atoms with van der Waals surface area (Å²) < 4.78 is 5.38. The van der Waals surface area contributed by atoms with Gasteiger partial charge < -0.3 is 10.1 Å². The highest BCUT2D eigenvalue weighted by atomic mass is 16.5. The molecule has 1 fully saturated rings. The van der Waals surface area contributed by atoms with E-state index in [0.29, 0.717) is 11.8 Å². The van der Waals surface area contributed by atoms with Crippen LogP contribution >= 0.6 is 0 Å². The molecule has 3 heteroatoms. The second-order valence-corrected chi connectivity index (χ2v) is 5.06. The Bertz CT molecular complexity index is 208. The van der Waals surface area contributed by atoms with Gasteiger partial charge in [-0.25, -0.2) is 0 Å². The van der Waals surface area contributed by atoms with Gasteiger partial charge in [-0.3, -0.25) is 4.79 Å². The van der Waals surface area contributed by atoms with Gasteiger partial charge >= 0.3 is 0 Å². The molecule has 0 spiro atoms. The molecule has 0 radical (unpaired) electrons. The van der Waals surface area contributed by atoms with Crippen molar-refractivity contribution in [2.45, 2.75) is 40.2 Å². The van der Waals surface area contributed by atoms with Crippen molar-refractivity contribution in [3.8, 4) is 0 Å². The molecule has 0 bridgehead atoms. The number of ether oxygens (including phenoxy) is 1. The van der Waals surface area contributed by atoms with Crippen molar-refractivity contribution in [1.29, 1.82) is 0 Å². The van der Waals surface area contributed by atoms with Crippen LogP contribution < -0.4 is 5.32 Å². The molecule has 88 valence electrons. The highest BCUT2D eigenvalue weighted by molar-refractivity contribution is 5.78. The van der Waals surface area contributed by atoms with Crippen LogP contribution in [0, 0.1) is 17.8 Å². The Labute approximate surface area is 92.6 Å². The van der Waals surface area contributed by atoms with Gasteiger partial charge in [-0.15, -0.1) is 0 Å². The summed E-state index contributed by atoms with van der Waals surface area (Å²) in [5, 5.41) is 3.14. The van der Waals surface area contributed by atoms with Crippen LogP contribution in [0.15, 0.2) is 0 Å². The zero-order valence-electron chi connectivity index (χ0n) is 10.2. The molecule has 1 aliphatic rings. The van der Waals surface area contributed by atoms with E-state index < -0.39 is 0 Å². The third-order valence-electron chi connectivity index (χ3n) is 3.02. The topological polar surface area (TPSA) is 38.3 Å². The van der Waals surface area contributed by atoms with E-state index in [-0.39, 0.29) is 17.9 Å². The number of rotatable bonds is 4. The molecule has 1 amide bonds. The number of carbonyl (C=O) groups excluding carboxylic acids is 1. The number of nitrogens with one attached hydrogen (secondary N) is 1. The average Bonchev–Trinajstić information content (AvgIpc) is 2.65. The summed E-state index contributed by atoms with van der Waals surface area (Å²) in [6.07, 6.45) is 1.07. The van der Waals surface area contributed by atoms with Gasteiger partial charge in [0.25, 0.3) is 0 Å². The molecule has 0 aliphatic carbocycles. The Kier molecular flexibility index (Phi) is 4.58. The minimum atomic E-state index is 0.0635. The van der Waals surface area contributed by atoms with Crippen molar-refractivity contribution in [1.82, 2.24) is 5.32 Å². The van der Waals surface area contributed by atoms with E-state index in [4.69, 9.17) is 4.74 Å². The molecule has 0 aromatic heterocycles. The van der Waals surface area contributed by atoms with Gasteiger partial charge in [0.05, 0.1) is 6.61 Å². The zero-order chi connectivity index (χ0) is 11.4. The van der Waals surface area contributed by atoms with E-state index in [9.17, 15) is 4.79 Å². The molecule has 15 heavy (non-hydrogen) atoms. The molecule has 3 nitrogen and oxygen atoms in total. The number of hydrogen-bond donors (Lipinski definition) is 1. The molecule has 0 unspecified atom stereocenters. The summed E-state index contributed by atoms with van der Waals surface area (Å²) >= 11 is 0. The molecular formula is C12H23NO2. The van der Waals surface area contributed by atoms with Crippen LogP contribution in [0.2, 0.25) is 0 Å². The summed E-state index contributed by atoms with van der Waals surface area (Å²) in [5.41, 5.74) is 0. The lowest BCUT2D eigenvalue weighted by Gasteiger charge is -2.28. The molecule has 0 aromatic carbocycles. The molecule has 2 atom stereocenters. The lowest BCUT2D eigenvalue weighted by atomic mass is 9.89. The smallest absolute Gasteiger partial charge is 0.222 e. The first-order chi connectivity index (χ1) is 7.02. The minimum absolute atomic E-state index is 0.0635. The van der Waals surface area contributed by atoms with Crippen LogP contribution in [0.25, 0.3) is 0 Å². The number of amides is 1. The van der Waals surface area contributed by atoms with Crippen molar-refractivity contribution < 1.29 is 9.53 Å². The molecular weight excluding hydrogens is 190 g/mol. The summed E-state index contributed by atoms with van der Waals surface area (Å²) in [7, 11) is 0. The Balaban J connectivity index is 2.54. The largest absolute Gasteiger partial charge is 0.381 e. The Morgan fingerprint density at radius 3 is 2.40 bits per heavy atom. The van der Waals surface area contributed by atoms with Crippen molar-refractivity contribution in [3.63, 3.8) is 0 Å². The molecule has 1 aliphatic heterocycles. The summed E-state index contributed by atoms with van der Waals surface area (Å²) in [4.78, 5) is 11.7. The van der Waals surface area contributed by atoms with Crippen LogP contribution in [0.1, 0.15) is 34.1 Å². The molecule has 1 heterocycles. The first-order valence-electron chi connectivity index (χ1n) is 5.90. The van der Waals surface area contributed by atoms with Gasteiger partial charge in [0.15, 0.2) is 0 Å². The SMILES string of the molecule is CC(C)C(=O)N[C@@H](C(C)C)[C@@H]1CCOC1. The quantitative estimate of drug-likeness (QED) is 0.773. The monoisotopic (exact) mass is 213 g/mol. The molecule has 0 saturated carbocycles. The average molecular weight is 213 g/mol. The van der Waals surface area contributed by atoms with Crippen LogP contribution in [0.5, 0.6) is 0 Å². The van der Waals surface area contributed by atoms with Crippen molar-refractivity contribution >= 4 is 5.91 Å². The van der Waals surface area contributed by atoms with Crippen molar-refractivity contribution in [2.75, 3.05) is 13.2 Å². The second kappa shape index (κ2) is 5.50. The number of hydrogen-bond acceptors (Lipinski definition) is 2. The van der Waals surface area contributed by atoms with E-state index in [2.05, 4.69) is 19.2 Å². The highest BCUT2D eigenvalue weighted by Gasteiger charge is 2.29. The lowest BCUT2D eigenvalue weighted by molar-refractivity contribution is -0.125. The van der Waals surface area contributed by atoms with Crippen LogP contribution in [0.4, 0.5) is 0 Å². The van der Waals surface area contributed by atoms with Gasteiger partial charge in [-0.1, -0.05) is 27.7 Å². The molecule has 0 aromatic rings. The molecule has 1 N–H and O–H groups in total. The van der Waals surface area contributed by atoms with Crippen LogP contribution in [-0.4, -0.2) is 25.2 Å². The standard InChI is InChI=1S/C12H23NO2/c1-8(2)11(10-5-6-15-7-10)13-12(14)9(3)4/h8-11H,5-7H2,1-4H3,(H,13,14)/t10-,11+/m1/s1. The minimum Gasteiger partial charge on any atom is -0.381 e. The third kappa shape index (κ3) is 3.49. The van der Waals surface area contributed by atoms with Crippen molar-refractivity contribution in [3.05, 3.63) is 0 Å². The Morgan fingerprint density at radius 1 is 1.33 bits per heavy atom. The Morgan fingerprint density at radius 2 is 2.00 bits per heavy atom. The predicted molar refractivity (Wildman–Crippen MR) is 60.5 cm³/mol. The van der Waals surface area contributed by atoms with Gasteiger partial charge in [0.1, 0.15) is 0 Å². The van der Waals surface area contributed by atoms with Crippen LogP contribution in [0.3, 0.4) is 0 Å². The van der Waals surface area contributed by atoms with Gasteiger partial charge in [-0.2, -0.15) is 0 Å². The van der Waals surface area contributed by atoms with E-state index in [1.807, 2.05) is 13.8 Å². The van der Waals surface area contributed by atoms with Gasteiger partial charge in [0, 0.05) is 24.5 Å². The first kappa shape index (κ1) is 12.5. The predicted octanol–water partition coefficient (Wildman–Crippen LogP) is 1.82. The van der Waals surface area contributed by atoms with Crippen LogP contribution in [-0.2, 0) is 9.53 Å². The van der Waals surface area contributed by atoms with Gasteiger partial charge in [0.2, 0.25) is 5.91 Å². The third-order valence-corrected chi connectivity index (χ3v) is 3.02. The van der Waals surface area contributed by atoms with E-state index in [0.717, 1.165) is 19.6 Å². The first-order valence-corrected chi connectivity index (χ1v) is 5.90. The maximum absolute atomic E-state index is 11.7. The normalized spacial score (nSPS) is 23.5. The van der Waals surface area contributed by atoms with Crippen molar-refractivity contribution in [2.24, 2.45) is 17.8 Å². The highest BCUT2D eigenvalue weighted by Crippen LogP contribution is 2.22. The van der Waals surface area contributed by atoms with Gasteiger partial charge in [-0.05, 0) is 12.3 Å². The molecule has 1 saturated heterocycles. The zero-order valence-corrected chi connectivity index (χ0v) is 10.2. The lowest BCUT2D eigenvalue weighted by Crippen LogP contribution is -2.45. The number of carbonyl (C=O) groups is 1. The summed E-state index contributed by atoms with van der Waals surface area (Å²) in [6, 6.07) is 0.266.